The molecule has 1 aromatic heterocycles. The van der Waals surface area contributed by atoms with Gasteiger partial charge < -0.3 is 25.0 Å². The van der Waals surface area contributed by atoms with Crippen molar-refractivity contribution in [2.45, 2.75) is 56.6 Å². The van der Waals surface area contributed by atoms with Gasteiger partial charge in [0.25, 0.3) is 0 Å². The summed E-state index contributed by atoms with van der Waals surface area (Å²) in [7, 11) is -1.00. The number of likely N-dealkylation sites (tertiary alicyclic amines) is 1. The van der Waals surface area contributed by atoms with Crippen LogP contribution in [0.1, 0.15) is 45.4 Å². The van der Waals surface area contributed by atoms with Crippen LogP contribution in [0.5, 0.6) is 5.88 Å². The van der Waals surface area contributed by atoms with Crippen molar-refractivity contribution < 1.29 is 18.5 Å². The fourth-order valence-corrected chi connectivity index (χ4v) is 5.88. The third-order valence-electron chi connectivity index (χ3n) is 7.40. The zero-order valence-electron chi connectivity index (χ0n) is 20.0. The molecule has 0 radical (unpaired) electrons. The number of piperazine rings is 1. The topological polar surface area (TPSA) is 114 Å². The minimum atomic E-state index is -1.00. The molecule has 2 saturated carbocycles. The largest absolute Gasteiger partial charge is 0.476 e. The van der Waals surface area contributed by atoms with Gasteiger partial charge in [-0.05, 0) is 51.4 Å². The molecule has 11 heteroatoms. The number of nitrogens with zero attached hydrogens (tertiary/aromatic N) is 5. The highest BCUT2D eigenvalue weighted by Crippen LogP contribution is 2.39. The molecular weight excluding hydrogens is 456 g/mol. The molecular formula is C23H36N6O4S. The van der Waals surface area contributed by atoms with Crippen molar-refractivity contribution in [2.75, 3.05) is 56.5 Å². The molecule has 1 aromatic rings. The maximum Gasteiger partial charge on any atom is 0.410 e. The maximum atomic E-state index is 12.5. The molecule has 1 atom stereocenters. The third-order valence-corrected chi connectivity index (χ3v) is 9.16. The van der Waals surface area contributed by atoms with E-state index >= 15 is 0 Å². The van der Waals surface area contributed by atoms with Gasteiger partial charge in [0.1, 0.15) is 11.4 Å². The zero-order valence-corrected chi connectivity index (χ0v) is 20.8. The Balaban J connectivity index is 1.01. The molecule has 5 rings (SSSR count). The van der Waals surface area contributed by atoms with Gasteiger partial charge in [-0.1, -0.05) is 0 Å². The Hall–Kier alpha value is -1.98. The van der Waals surface area contributed by atoms with E-state index in [0.29, 0.717) is 37.2 Å². The number of anilines is 1. The van der Waals surface area contributed by atoms with Crippen LogP contribution < -0.4 is 15.4 Å². The Morgan fingerprint density at radius 2 is 1.79 bits per heavy atom. The molecule has 0 spiro atoms. The number of carbonyl (C=O) groups excluding carboxylic acids is 1. The van der Waals surface area contributed by atoms with Gasteiger partial charge >= 0.3 is 6.09 Å². The molecule has 1 unspecified atom stereocenters. The molecule has 0 aromatic carbocycles. The summed E-state index contributed by atoms with van der Waals surface area (Å²) in [4.78, 5) is 25.2. The molecule has 1 amide bonds. The second-order valence-electron chi connectivity index (χ2n) is 10.5. The van der Waals surface area contributed by atoms with Gasteiger partial charge in [-0.15, -0.1) is 0 Å². The van der Waals surface area contributed by atoms with Crippen molar-refractivity contribution in [2.24, 2.45) is 11.7 Å². The molecule has 2 N–H and O–H groups in total. The summed E-state index contributed by atoms with van der Waals surface area (Å²) in [6, 6.07) is 0. The van der Waals surface area contributed by atoms with E-state index in [-0.39, 0.29) is 17.2 Å². The average molecular weight is 493 g/mol. The molecule has 2 aliphatic carbocycles. The number of rotatable bonds is 8. The third kappa shape index (κ3) is 5.98. The van der Waals surface area contributed by atoms with Crippen molar-refractivity contribution in [1.29, 1.82) is 0 Å². The first-order valence-electron chi connectivity index (χ1n) is 12.4. The summed E-state index contributed by atoms with van der Waals surface area (Å²) in [5.41, 5.74) is 5.70. The predicted octanol–water partition coefficient (Wildman–Crippen LogP) is 1.53. The van der Waals surface area contributed by atoms with Crippen LogP contribution in [0.4, 0.5) is 10.6 Å². The van der Waals surface area contributed by atoms with Crippen molar-refractivity contribution in [1.82, 2.24) is 19.2 Å². The van der Waals surface area contributed by atoms with Gasteiger partial charge in [-0.25, -0.2) is 23.3 Å². The van der Waals surface area contributed by atoms with E-state index in [0.717, 1.165) is 70.5 Å². The number of piperidine rings is 1. The van der Waals surface area contributed by atoms with Crippen molar-refractivity contribution in [3.8, 4) is 5.88 Å². The number of ether oxygens (including phenoxy) is 2. The summed E-state index contributed by atoms with van der Waals surface area (Å²) < 4.78 is 26.0. The van der Waals surface area contributed by atoms with E-state index < -0.39 is 11.0 Å². The molecule has 34 heavy (non-hydrogen) atoms. The Morgan fingerprint density at radius 1 is 1.09 bits per heavy atom. The summed E-state index contributed by atoms with van der Waals surface area (Å²) in [5.74, 6) is 2.29. The summed E-state index contributed by atoms with van der Waals surface area (Å²) >= 11 is 0. The van der Waals surface area contributed by atoms with Crippen LogP contribution >= 0.6 is 0 Å². The Labute approximate surface area is 203 Å². The van der Waals surface area contributed by atoms with Crippen LogP contribution in [0, 0.1) is 5.92 Å². The predicted molar refractivity (Wildman–Crippen MR) is 129 cm³/mol. The average Bonchev–Trinajstić information content (AvgIpc) is 3.77. The van der Waals surface area contributed by atoms with Crippen LogP contribution in [0.2, 0.25) is 0 Å². The zero-order chi connectivity index (χ0) is 23.8. The molecule has 4 fully saturated rings. The minimum Gasteiger partial charge on any atom is -0.476 e. The number of hydrogen-bond donors (Lipinski definition) is 1. The molecule has 0 bridgehead atoms. The fourth-order valence-electron chi connectivity index (χ4n) is 4.35. The van der Waals surface area contributed by atoms with Gasteiger partial charge in [0.05, 0.1) is 35.7 Å². The molecule has 2 saturated heterocycles. The van der Waals surface area contributed by atoms with Crippen LogP contribution in [0.15, 0.2) is 12.4 Å². The molecule has 10 nitrogen and oxygen atoms in total. The Bertz CT molecular complexity index is 891. The lowest BCUT2D eigenvalue weighted by molar-refractivity contribution is 0.0454. The lowest BCUT2D eigenvalue weighted by Gasteiger charge is -2.34. The molecule has 4 aliphatic rings. The Kier molecular flexibility index (Phi) is 6.69. The number of hydrogen-bond acceptors (Lipinski definition) is 8. The molecule has 3 heterocycles. The monoisotopic (exact) mass is 492 g/mol. The molecule has 188 valence electrons. The first kappa shape index (κ1) is 23.7. The second kappa shape index (κ2) is 9.58. The van der Waals surface area contributed by atoms with Gasteiger partial charge in [0.2, 0.25) is 5.88 Å². The number of aromatic nitrogens is 2. The lowest BCUT2D eigenvalue weighted by atomic mass is 9.98. The van der Waals surface area contributed by atoms with E-state index in [2.05, 4.69) is 14.9 Å². The highest BCUT2D eigenvalue weighted by atomic mass is 32.2. The van der Waals surface area contributed by atoms with Gasteiger partial charge in [-0.2, -0.15) is 0 Å². The number of nitrogens with two attached hydrogens (primary N) is 1. The molecule has 2 aliphatic heterocycles. The van der Waals surface area contributed by atoms with Crippen molar-refractivity contribution in [3.05, 3.63) is 12.4 Å². The second-order valence-corrected chi connectivity index (χ2v) is 12.0. The van der Waals surface area contributed by atoms with E-state index in [1.807, 2.05) is 16.1 Å². The highest BCUT2D eigenvalue weighted by molar-refractivity contribution is 7.82. The van der Waals surface area contributed by atoms with Gasteiger partial charge in [0.15, 0.2) is 0 Å². The maximum absolute atomic E-state index is 12.5. The SMILES string of the molecule is CC1(OC(=O)N2CCC(COc3cnc(N4CCN(S(=O)CC5(N)CC5)CC4)cn3)CC2)CC1. The summed E-state index contributed by atoms with van der Waals surface area (Å²) in [6.07, 6.45) is 8.94. The quantitative estimate of drug-likeness (QED) is 0.581. The van der Waals surface area contributed by atoms with Crippen LogP contribution in [-0.4, -0.2) is 92.2 Å². The summed E-state index contributed by atoms with van der Waals surface area (Å²) in [5, 5.41) is 0. The van der Waals surface area contributed by atoms with Crippen molar-refractivity contribution >= 4 is 22.9 Å². The smallest absolute Gasteiger partial charge is 0.410 e. The van der Waals surface area contributed by atoms with Crippen molar-refractivity contribution in [3.63, 3.8) is 0 Å². The van der Waals surface area contributed by atoms with E-state index in [9.17, 15) is 9.00 Å². The minimum absolute atomic E-state index is 0.181. The van der Waals surface area contributed by atoms with Gasteiger partial charge in [-0.3, -0.25) is 0 Å². The van der Waals surface area contributed by atoms with E-state index in [1.165, 1.54) is 0 Å². The van der Waals surface area contributed by atoms with E-state index in [4.69, 9.17) is 15.2 Å². The first-order chi connectivity index (χ1) is 16.3. The van der Waals surface area contributed by atoms with Gasteiger partial charge in [0, 0.05) is 44.8 Å². The Morgan fingerprint density at radius 3 is 2.38 bits per heavy atom. The highest BCUT2D eigenvalue weighted by Gasteiger charge is 2.43. The number of carbonyl (C=O) groups is 1. The first-order valence-corrected chi connectivity index (χ1v) is 13.7. The standard InChI is InChI=1S/C23H36N6O4S/c1-22(4-5-22)33-21(30)28-8-2-18(3-9-28)16-32-20-15-25-19(14-26-20)27-10-12-29(13-11-27)34(31)17-23(24)6-7-23/h14-15,18H,2-13,16-17,24H2,1H3. The van der Waals surface area contributed by atoms with Crippen LogP contribution in [0.3, 0.4) is 0 Å². The number of amides is 1. The fraction of sp³-hybridized carbons (Fsp3) is 0.783. The normalized spacial score (nSPS) is 25.0. The summed E-state index contributed by atoms with van der Waals surface area (Å²) in [6.45, 7) is 6.96. The van der Waals surface area contributed by atoms with Crippen LogP contribution in [-0.2, 0) is 15.7 Å². The lowest BCUT2D eigenvalue weighted by Crippen LogP contribution is -2.49. The van der Waals surface area contributed by atoms with Crippen LogP contribution in [0.25, 0.3) is 0 Å². The van der Waals surface area contributed by atoms with E-state index in [1.54, 1.807) is 12.4 Å².